The van der Waals surface area contributed by atoms with Gasteiger partial charge in [-0.25, -0.2) is 0 Å². The molecule has 66 heavy (non-hydrogen) atoms. The summed E-state index contributed by atoms with van der Waals surface area (Å²) in [6, 6.07) is 60.9. The Labute approximate surface area is 391 Å². The molecule has 2 aromatic heterocycles. The van der Waals surface area contributed by atoms with E-state index in [1.54, 1.807) is 22.7 Å². The third kappa shape index (κ3) is 8.55. The van der Waals surface area contributed by atoms with Crippen LogP contribution in [0.5, 0.6) is 23.0 Å². The minimum absolute atomic E-state index is 0.303. The molecule has 0 fully saturated rings. The summed E-state index contributed by atoms with van der Waals surface area (Å²) >= 11 is 3.21. The number of thiophene rings is 2. The molecule has 0 radical (unpaired) electrons. The zero-order valence-electron chi connectivity index (χ0n) is 35.5. The van der Waals surface area contributed by atoms with Gasteiger partial charge in [0.15, 0.2) is 23.0 Å². The number of allylic oxidation sites excluding steroid dienone is 2. The number of hydrogen-bond acceptors (Lipinski definition) is 10. The lowest BCUT2D eigenvalue weighted by molar-refractivity contribution is 0.174. The number of ether oxygens (including phenoxy) is 4. The Morgan fingerprint density at radius 2 is 0.697 bits per heavy atom. The Hall–Kier alpha value is -8.28. The third-order valence-electron chi connectivity index (χ3n) is 11.0. The lowest BCUT2D eigenvalue weighted by Crippen LogP contribution is -2.17. The second-order valence-corrected chi connectivity index (χ2v) is 17.2. The molecule has 2 aliphatic heterocycles. The van der Waals surface area contributed by atoms with Crippen molar-refractivity contribution in [2.45, 2.75) is 0 Å². The Balaban J connectivity index is 0.892. The quantitative estimate of drug-likeness (QED) is 0.0885. The number of benzene rings is 6. The van der Waals surface area contributed by atoms with Gasteiger partial charge in [-0.2, -0.15) is 10.5 Å². The lowest BCUT2D eigenvalue weighted by Gasteiger charge is -2.26. The monoisotopic (exact) mass is 896 g/mol. The van der Waals surface area contributed by atoms with Crippen molar-refractivity contribution in [3.05, 3.63) is 202 Å². The maximum Gasteiger partial charge on any atom is 0.197 e. The molecule has 0 amide bonds. The summed E-state index contributed by atoms with van der Waals surface area (Å²) in [6.07, 6.45) is 8.13. The van der Waals surface area contributed by atoms with Crippen molar-refractivity contribution in [2.75, 3.05) is 36.2 Å². The molecule has 6 aromatic carbocycles. The largest absolute Gasteiger partial charge is 0.485 e. The first-order chi connectivity index (χ1) is 32.7. The van der Waals surface area contributed by atoms with Crippen LogP contribution in [0.4, 0.5) is 32.8 Å². The number of nitrogens with zero attached hydrogens (tertiary/aromatic N) is 4. The fourth-order valence-corrected chi connectivity index (χ4v) is 10.2. The van der Waals surface area contributed by atoms with Crippen molar-refractivity contribution < 1.29 is 18.9 Å². The van der Waals surface area contributed by atoms with Crippen LogP contribution in [0, 0.1) is 22.7 Å². The Kier molecular flexibility index (Phi) is 12.1. The number of nitriles is 2. The van der Waals surface area contributed by atoms with E-state index in [0.717, 1.165) is 76.6 Å². The number of para-hydroxylation sites is 4. The lowest BCUT2D eigenvalue weighted by atomic mass is 9.95. The topological polar surface area (TPSA) is 91.0 Å². The van der Waals surface area contributed by atoms with E-state index >= 15 is 0 Å². The van der Waals surface area contributed by atoms with Crippen LogP contribution in [0.15, 0.2) is 170 Å². The zero-order chi connectivity index (χ0) is 44.7. The van der Waals surface area contributed by atoms with E-state index in [0.29, 0.717) is 48.7 Å². The molecule has 2 aliphatic rings. The average Bonchev–Trinajstić information content (AvgIpc) is 3.94. The van der Waals surface area contributed by atoms with E-state index in [1.165, 1.54) is 0 Å². The van der Waals surface area contributed by atoms with Crippen LogP contribution in [0.2, 0.25) is 0 Å². The van der Waals surface area contributed by atoms with Gasteiger partial charge in [0, 0.05) is 22.7 Å². The number of anilines is 6. The molecule has 10 rings (SSSR count). The summed E-state index contributed by atoms with van der Waals surface area (Å²) in [4.78, 5) is 6.26. The van der Waals surface area contributed by atoms with Gasteiger partial charge in [-0.1, -0.05) is 133 Å². The molecule has 320 valence electrons. The van der Waals surface area contributed by atoms with Crippen LogP contribution in [0.25, 0.3) is 35.5 Å². The van der Waals surface area contributed by atoms with Crippen LogP contribution < -0.4 is 28.7 Å². The van der Waals surface area contributed by atoms with Gasteiger partial charge in [-0.15, -0.1) is 22.7 Å². The predicted octanol–water partition coefficient (Wildman–Crippen LogP) is 14.6. The standard InChI is InChI=1S/C56H40N4O4S2/c57-37-47(41-27-21-39(22-28-41)25-31-49-51-53(63-35-33-61-51)55(65-49)59(43-13-5-1-6-14-43)44-15-7-2-8-16-44)48(38-58)42-29-23-40(24-30-42)26-32-50-52-54(64-36-34-62-52)56(66-50)60(45-17-9-3-10-18-45)46-19-11-4-12-20-46/h1-32H,33-36H2/b31-25+,32-26+,48-47+. The predicted molar refractivity (Wildman–Crippen MR) is 269 cm³/mol. The molecular formula is C56H40N4O4S2. The number of rotatable bonds is 12. The average molecular weight is 897 g/mol. The summed E-state index contributed by atoms with van der Waals surface area (Å²) in [5.74, 6) is 2.89. The van der Waals surface area contributed by atoms with Gasteiger partial charge in [-0.05, 0) is 82.9 Å². The zero-order valence-corrected chi connectivity index (χ0v) is 37.2. The first-order valence-electron chi connectivity index (χ1n) is 21.4. The molecule has 0 saturated carbocycles. The number of fused-ring (bicyclic) bond motifs is 2. The van der Waals surface area contributed by atoms with Gasteiger partial charge in [0.1, 0.15) is 48.6 Å². The van der Waals surface area contributed by atoms with Crippen molar-refractivity contribution in [3.63, 3.8) is 0 Å². The highest BCUT2D eigenvalue weighted by Crippen LogP contribution is 2.55. The van der Waals surface area contributed by atoms with Gasteiger partial charge < -0.3 is 18.9 Å². The Morgan fingerprint density at radius 1 is 0.394 bits per heavy atom. The van der Waals surface area contributed by atoms with Crippen LogP contribution in [0.3, 0.4) is 0 Å². The fraction of sp³-hybridized carbons (Fsp3) is 0.0714. The normalized spacial score (nSPS) is 13.2. The van der Waals surface area contributed by atoms with Gasteiger partial charge >= 0.3 is 0 Å². The molecule has 4 heterocycles. The van der Waals surface area contributed by atoms with E-state index in [1.807, 2.05) is 146 Å². The summed E-state index contributed by atoms with van der Waals surface area (Å²) < 4.78 is 24.9. The van der Waals surface area contributed by atoms with Crippen molar-refractivity contribution >= 4 is 90.9 Å². The van der Waals surface area contributed by atoms with Gasteiger partial charge in [0.05, 0.1) is 20.9 Å². The van der Waals surface area contributed by atoms with Crippen LogP contribution in [-0.2, 0) is 0 Å². The van der Waals surface area contributed by atoms with Gasteiger partial charge in [0.25, 0.3) is 0 Å². The highest BCUT2D eigenvalue weighted by molar-refractivity contribution is 7.18. The first-order valence-corrected chi connectivity index (χ1v) is 23.1. The molecule has 0 atom stereocenters. The summed E-state index contributed by atoms with van der Waals surface area (Å²) in [5.41, 5.74) is 7.84. The van der Waals surface area contributed by atoms with Gasteiger partial charge in [-0.3, -0.25) is 9.80 Å². The molecule has 0 unspecified atom stereocenters. The highest BCUT2D eigenvalue weighted by atomic mass is 32.1. The summed E-state index contributed by atoms with van der Waals surface area (Å²) in [5, 5.41) is 22.7. The van der Waals surface area contributed by atoms with Crippen LogP contribution in [-0.4, -0.2) is 26.4 Å². The second kappa shape index (κ2) is 19.2. The van der Waals surface area contributed by atoms with E-state index in [9.17, 15) is 10.5 Å². The SMILES string of the molecule is N#C/C(=C(/C#N)c1ccc(/C=C/c2sc(N(c3ccccc3)c3ccccc3)c3c2OCCO3)cc1)c1ccc(/C=C/c2sc(N(c3ccccc3)c3ccccc3)c3c2OCCO3)cc1. The Bertz CT molecular complexity index is 2860. The maximum atomic E-state index is 10.4. The van der Waals surface area contributed by atoms with Crippen LogP contribution in [0.1, 0.15) is 32.0 Å². The molecule has 8 nitrogen and oxygen atoms in total. The van der Waals surface area contributed by atoms with Crippen LogP contribution >= 0.6 is 22.7 Å². The molecule has 10 heteroatoms. The van der Waals surface area contributed by atoms with E-state index in [4.69, 9.17) is 18.9 Å². The third-order valence-corrected chi connectivity index (χ3v) is 13.2. The maximum absolute atomic E-state index is 10.4. The molecule has 0 N–H and O–H groups in total. The van der Waals surface area contributed by atoms with E-state index in [-0.39, 0.29) is 0 Å². The van der Waals surface area contributed by atoms with E-state index in [2.05, 4.69) is 70.5 Å². The second-order valence-electron chi connectivity index (χ2n) is 15.2. The molecule has 0 aliphatic carbocycles. The van der Waals surface area contributed by atoms with Crippen molar-refractivity contribution in [2.24, 2.45) is 0 Å². The van der Waals surface area contributed by atoms with Gasteiger partial charge in [0.2, 0.25) is 0 Å². The number of hydrogen-bond donors (Lipinski definition) is 0. The molecule has 0 bridgehead atoms. The molecule has 8 aromatic rings. The van der Waals surface area contributed by atoms with Crippen molar-refractivity contribution in [1.29, 1.82) is 10.5 Å². The molecule has 0 spiro atoms. The fourth-order valence-electron chi connectivity index (χ4n) is 7.90. The molecular weight excluding hydrogens is 857 g/mol. The summed E-state index contributed by atoms with van der Waals surface area (Å²) in [6.45, 7) is 1.86. The van der Waals surface area contributed by atoms with Crippen molar-refractivity contribution in [1.82, 2.24) is 0 Å². The Morgan fingerprint density at radius 3 is 1.00 bits per heavy atom. The van der Waals surface area contributed by atoms with Crippen molar-refractivity contribution in [3.8, 4) is 35.1 Å². The minimum Gasteiger partial charge on any atom is -0.485 e. The minimum atomic E-state index is 0.303. The van der Waals surface area contributed by atoms with E-state index < -0.39 is 0 Å². The smallest absolute Gasteiger partial charge is 0.197 e. The highest BCUT2D eigenvalue weighted by Gasteiger charge is 2.30. The molecule has 0 saturated heterocycles. The first kappa shape index (κ1) is 41.7. The summed E-state index contributed by atoms with van der Waals surface area (Å²) in [7, 11) is 0.